The number of likely N-dealkylation sites (N-methyl/N-ethyl adjacent to an activating group) is 1. The molecule has 3 atom stereocenters. The number of nitrogens with zero attached hydrogens (tertiary/aromatic N) is 4. The maximum absolute atomic E-state index is 13.6. The highest BCUT2D eigenvalue weighted by atomic mass is 16.5. The molecule has 0 radical (unpaired) electrons. The summed E-state index contributed by atoms with van der Waals surface area (Å²) in [5, 5.41) is 12.8. The lowest BCUT2D eigenvalue weighted by atomic mass is 10.00. The molecule has 1 aromatic carbocycles. The molecule has 0 saturated carbocycles. The van der Waals surface area contributed by atoms with Crippen molar-refractivity contribution in [1.82, 2.24) is 19.8 Å². The number of aliphatic hydroxyl groups is 1. The van der Waals surface area contributed by atoms with Gasteiger partial charge in [-0.2, -0.15) is 0 Å². The van der Waals surface area contributed by atoms with E-state index in [4.69, 9.17) is 9.47 Å². The molecule has 0 unspecified atom stereocenters. The first-order chi connectivity index (χ1) is 19.3. The number of nitrogens with one attached hydrogen (secondary N) is 1. The van der Waals surface area contributed by atoms with E-state index in [1.54, 1.807) is 87.0 Å². The number of ether oxygens (including phenoxy) is 2. The number of rotatable bonds is 6. The van der Waals surface area contributed by atoms with Crippen LogP contribution in [0.2, 0.25) is 0 Å². The van der Waals surface area contributed by atoms with Gasteiger partial charge in [0.1, 0.15) is 17.4 Å². The number of hydrogen-bond donors (Lipinski definition) is 2. The Morgan fingerprint density at radius 1 is 1.25 bits per heavy atom. The average Bonchev–Trinajstić information content (AvgIpc) is 2.98. The Labute approximate surface area is 234 Å². The van der Waals surface area contributed by atoms with Gasteiger partial charge >= 0.3 is 6.03 Å². The number of aliphatic hydroxyl groups excluding tert-OH is 1. The minimum absolute atomic E-state index is 0.160. The summed E-state index contributed by atoms with van der Waals surface area (Å²) in [6.07, 6.45) is 4.39. The van der Waals surface area contributed by atoms with Crippen LogP contribution in [0.4, 0.5) is 10.5 Å². The molecule has 1 aliphatic heterocycles. The summed E-state index contributed by atoms with van der Waals surface area (Å²) in [5.41, 5.74) is 2.18. The van der Waals surface area contributed by atoms with Crippen LogP contribution in [-0.4, -0.2) is 82.8 Å². The molecule has 1 aliphatic rings. The summed E-state index contributed by atoms with van der Waals surface area (Å²) in [5.74, 6) is 6.40. The highest BCUT2D eigenvalue weighted by Gasteiger charge is 2.34. The Balaban J connectivity index is 1.59. The SMILES string of the molecule is COc1cccc(NC(=O)N(C)C[C@@H]2Oc3ncc(C#Cc4ccncc4)cc3C(=O)N([C@H](C)CO)C[C@H]2C)c1. The summed E-state index contributed by atoms with van der Waals surface area (Å²) < 4.78 is 11.5. The van der Waals surface area contributed by atoms with Crippen molar-refractivity contribution in [3.63, 3.8) is 0 Å². The number of hydrogen-bond acceptors (Lipinski definition) is 7. The normalized spacial score (nSPS) is 17.2. The molecule has 0 spiro atoms. The third-order valence-electron chi connectivity index (χ3n) is 6.67. The molecule has 0 bridgehead atoms. The standard InChI is InChI=1S/C30H33N5O5/c1-20-17-35(21(2)19-36)29(37)26-14-23(9-8-22-10-12-31-13-11-22)16-32-28(26)40-27(20)18-34(3)30(38)33-24-6-5-7-25(15-24)39-4/h5-7,10-16,20-21,27,36H,17-19H2,1-4H3,(H,33,38)/t20-,21-,27+/m1/s1. The van der Waals surface area contributed by atoms with Gasteiger partial charge < -0.3 is 29.7 Å². The van der Waals surface area contributed by atoms with Crippen LogP contribution in [0.5, 0.6) is 11.6 Å². The van der Waals surface area contributed by atoms with Gasteiger partial charge in [0.2, 0.25) is 5.88 Å². The van der Waals surface area contributed by atoms with Crippen molar-refractivity contribution in [3.8, 4) is 23.5 Å². The molecule has 3 heterocycles. The summed E-state index contributed by atoms with van der Waals surface area (Å²) in [7, 11) is 3.24. The van der Waals surface area contributed by atoms with E-state index in [0.717, 1.165) is 5.56 Å². The Bertz CT molecular complexity index is 1400. The van der Waals surface area contributed by atoms with E-state index in [9.17, 15) is 14.7 Å². The van der Waals surface area contributed by atoms with Gasteiger partial charge in [-0.1, -0.05) is 24.8 Å². The van der Waals surface area contributed by atoms with E-state index in [1.807, 2.05) is 6.92 Å². The van der Waals surface area contributed by atoms with Crippen LogP contribution < -0.4 is 14.8 Å². The number of anilines is 1. The molecule has 0 aliphatic carbocycles. The molecule has 3 amide bonds. The smallest absolute Gasteiger partial charge is 0.321 e. The number of urea groups is 1. The second kappa shape index (κ2) is 13.0. The van der Waals surface area contributed by atoms with Crippen molar-refractivity contribution in [2.24, 2.45) is 5.92 Å². The summed E-state index contributed by atoms with van der Waals surface area (Å²) in [6.45, 7) is 4.09. The van der Waals surface area contributed by atoms with Gasteiger partial charge in [-0.3, -0.25) is 9.78 Å². The second-order valence-corrected chi connectivity index (χ2v) is 9.73. The predicted octanol–water partition coefficient (Wildman–Crippen LogP) is 3.27. The van der Waals surface area contributed by atoms with E-state index in [2.05, 4.69) is 27.1 Å². The van der Waals surface area contributed by atoms with Gasteiger partial charge in [-0.15, -0.1) is 0 Å². The van der Waals surface area contributed by atoms with E-state index < -0.39 is 12.1 Å². The quantitative estimate of drug-likeness (QED) is 0.459. The molecule has 4 rings (SSSR count). The minimum Gasteiger partial charge on any atom is -0.497 e. The van der Waals surface area contributed by atoms with Crippen molar-refractivity contribution in [2.45, 2.75) is 26.0 Å². The molecule has 2 aromatic heterocycles. The van der Waals surface area contributed by atoms with Crippen molar-refractivity contribution in [2.75, 3.05) is 39.2 Å². The molecule has 208 valence electrons. The van der Waals surface area contributed by atoms with Crippen LogP contribution in [-0.2, 0) is 0 Å². The molecule has 40 heavy (non-hydrogen) atoms. The Morgan fingerprint density at radius 3 is 2.73 bits per heavy atom. The van der Waals surface area contributed by atoms with Crippen molar-refractivity contribution in [3.05, 3.63) is 77.7 Å². The predicted molar refractivity (Wildman–Crippen MR) is 150 cm³/mol. The maximum atomic E-state index is 13.6. The number of fused-ring (bicyclic) bond motifs is 1. The number of carbonyl (C=O) groups excluding carboxylic acids is 2. The number of pyridine rings is 2. The van der Waals surface area contributed by atoms with Crippen LogP contribution in [0.1, 0.15) is 35.3 Å². The maximum Gasteiger partial charge on any atom is 0.321 e. The zero-order valence-electron chi connectivity index (χ0n) is 23.0. The average molecular weight is 544 g/mol. The van der Waals surface area contributed by atoms with E-state index in [-0.39, 0.29) is 42.5 Å². The number of methoxy groups -OCH3 is 1. The first-order valence-electron chi connectivity index (χ1n) is 13.0. The zero-order valence-corrected chi connectivity index (χ0v) is 23.0. The van der Waals surface area contributed by atoms with Gasteiger partial charge in [0.05, 0.1) is 26.3 Å². The Kier molecular flexibility index (Phi) is 9.19. The molecular formula is C30H33N5O5. The zero-order chi connectivity index (χ0) is 28.6. The van der Waals surface area contributed by atoms with Crippen LogP contribution in [0.25, 0.3) is 0 Å². The van der Waals surface area contributed by atoms with E-state index in [0.29, 0.717) is 23.5 Å². The molecule has 0 saturated heterocycles. The second-order valence-electron chi connectivity index (χ2n) is 9.73. The van der Waals surface area contributed by atoms with Crippen LogP contribution >= 0.6 is 0 Å². The van der Waals surface area contributed by atoms with Gasteiger partial charge in [0, 0.05) is 61.0 Å². The molecule has 0 fully saturated rings. The van der Waals surface area contributed by atoms with Crippen molar-refractivity contribution in [1.29, 1.82) is 0 Å². The Hall–Kier alpha value is -4.62. The van der Waals surface area contributed by atoms with Crippen molar-refractivity contribution >= 4 is 17.6 Å². The highest BCUT2D eigenvalue weighted by Crippen LogP contribution is 2.27. The lowest BCUT2D eigenvalue weighted by molar-refractivity contribution is 0.0356. The fourth-order valence-electron chi connectivity index (χ4n) is 4.24. The lowest BCUT2D eigenvalue weighted by Crippen LogP contribution is -2.50. The van der Waals surface area contributed by atoms with Gasteiger partial charge in [0.25, 0.3) is 5.91 Å². The summed E-state index contributed by atoms with van der Waals surface area (Å²) >= 11 is 0. The molecule has 2 N–H and O–H groups in total. The van der Waals surface area contributed by atoms with Gasteiger partial charge in [-0.05, 0) is 37.3 Å². The lowest BCUT2D eigenvalue weighted by Gasteiger charge is -2.37. The van der Waals surface area contributed by atoms with Gasteiger partial charge in [-0.25, -0.2) is 9.78 Å². The first kappa shape index (κ1) is 28.4. The number of amides is 3. The number of benzene rings is 1. The molecule has 10 nitrogen and oxygen atoms in total. The highest BCUT2D eigenvalue weighted by molar-refractivity contribution is 5.97. The van der Waals surface area contributed by atoms with Crippen molar-refractivity contribution < 1.29 is 24.2 Å². The fraction of sp³-hybridized carbons (Fsp3) is 0.333. The van der Waals surface area contributed by atoms with Crippen LogP contribution in [0.15, 0.2) is 61.1 Å². The fourth-order valence-corrected chi connectivity index (χ4v) is 4.24. The van der Waals surface area contributed by atoms with Crippen LogP contribution in [0.3, 0.4) is 0 Å². The summed E-state index contributed by atoms with van der Waals surface area (Å²) in [4.78, 5) is 38.2. The summed E-state index contributed by atoms with van der Waals surface area (Å²) in [6, 6.07) is 11.6. The van der Waals surface area contributed by atoms with E-state index in [1.165, 1.54) is 4.90 Å². The first-order valence-corrected chi connectivity index (χ1v) is 13.0. The van der Waals surface area contributed by atoms with E-state index >= 15 is 0 Å². The van der Waals surface area contributed by atoms with Gasteiger partial charge in [0.15, 0.2) is 0 Å². The Morgan fingerprint density at radius 2 is 2.00 bits per heavy atom. The third kappa shape index (κ3) is 6.87. The monoisotopic (exact) mass is 543 g/mol. The minimum atomic E-state index is -0.484. The topological polar surface area (TPSA) is 117 Å². The number of carbonyl (C=O) groups is 2. The van der Waals surface area contributed by atoms with Crippen LogP contribution in [0, 0.1) is 17.8 Å². The molecular weight excluding hydrogens is 510 g/mol. The molecule has 3 aromatic rings. The number of aromatic nitrogens is 2. The third-order valence-corrected chi connectivity index (χ3v) is 6.67. The largest absolute Gasteiger partial charge is 0.497 e. The molecule has 10 heteroatoms.